The van der Waals surface area contributed by atoms with Gasteiger partial charge in [0.15, 0.2) is 0 Å². The van der Waals surface area contributed by atoms with Gasteiger partial charge in [-0.15, -0.1) is 12.6 Å². The Morgan fingerprint density at radius 3 is 2.19 bits per heavy atom. The molecule has 3 rings (SSSR count). The molecule has 0 radical (unpaired) electrons. The highest BCUT2D eigenvalue weighted by Gasteiger charge is 2.15. The minimum absolute atomic E-state index is 0.237. The van der Waals surface area contributed by atoms with E-state index in [1.165, 1.54) is 0 Å². The van der Waals surface area contributed by atoms with Crippen LogP contribution in [0.4, 0.5) is 0 Å². The van der Waals surface area contributed by atoms with Crippen molar-refractivity contribution in [3.05, 3.63) is 63.5 Å². The summed E-state index contributed by atoms with van der Waals surface area (Å²) in [5.74, 6) is 0. The molecule has 2 aromatic carbocycles. The van der Waals surface area contributed by atoms with E-state index in [0.29, 0.717) is 0 Å². The first kappa shape index (κ1) is 14.8. The van der Waals surface area contributed by atoms with E-state index in [0.717, 1.165) is 31.0 Å². The predicted octanol–water partition coefficient (Wildman–Crippen LogP) is 5.36. The van der Waals surface area contributed by atoms with Crippen molar-refractivity contribution in [2.45, 2.75) is 4.90 Å². The summed E-state index contributed by atoms with van der Waals surface area (Å²) in [4.78, 5) is 9.63. The lowest BCUT2D eigenvalue weighted by Gasteiger charge is -2.11. The summed E-state index contributed by atoms with van der Waals surface area (Å²) in [7, 11) is 0. The molecular weight excluding hydrogens is 415 g/mol. The highest BCUT2D eigenvalue weighted by molar-refractivity contribution is 14.1. The number of hydrogen-bond acceptors (Lipinski definition) is 3. The summed E-state index contributed by atoms with van der Waals surface area (Å²) in [6, 6.07) is 17.8. The number of halogens is 2. The highest BCUT2D eigenvalue weighted by atomic mass is 127. The smallest absolute Gasteiger partial charge is 0.217 e. The molecule has 0 aliphatic rings. The average Bonchev–Trinajstić information content (AvgIpc) is 2.51. The minimum atomic E-state index is 0.237. The second-order valence-electron chi connectivity index (χ2n) is 4.39. The first-order valence-corrected chi connectivity index (χ1v) is 8.14. The number of rotatable bonds is 2. The zero-order chi connectivity index (χ0) is 14.8. The molecule has 0 fully saturated rings. The van der Waals surface area contributed by atoms with E-state index in [4.69, 9.17) is 11.6 Å². The van der Waals surface area contributed by atoms with Gasteiger partial charge < -0.3 is 0 Å². The molecule has 0 saturated carbocycles. The summed E-state index contributed by atoms with van der Waals surface area (Å²) >= 11 is 12.9. The van der Waals surface area contributed by atoms with Crippen LogP contribution in [-0.2, 0) is 0 Å². The first-order chi connectivity index (χ1) is 10.2. The van der Waals surface area contributed by atoms with Crippen molar-refractivity contribution >= 4 is 46.8 Å². The topological polar surface area (TPSA) is 25.8 Å². The van der Waals surface area contributed by atoms with E-state index in [2.05, 4.69) is 45.2 Å². The minimum Gasteiger partial charge on any atom is -0.217 e. The monoisotopic (exact) mass is 424 g/mol. The largest absolute Gasteiger partial charge is 0.223 e. The second kappa shape index (κ2) is 6.34. The Bertz CT molecular complexity index is 794. The summed E-state index contributed by atoms with van der Waals surface area (Å²) < 4.78 is 0.963. The van der Waals surface area contributed by atoms with E-state index in [1.807, 2.05) is 54.6 Å². The van der Waals surface area contributed by atoms with E-state index in [-0.39, 0.29) is 5.28 Å². The Morgan fingerprint density at radius 2 is 1.48 bits per heavy atom. The molecule has 0 spiro atoms. The maximum Gasteiger partial charge on any atom is 0.223 e. The average molecular weight is 425 g/mol. The predicted molar refractivity (Wildman–Crippen MR) is 97.9 cm³/mol. The third-order valence-corrected chi connectivity index (χ3v) is 4.61. The van der Waals surface area contributed by atoms with E-state index in [9.17, 15) is 0 Å². The Labute approximate surface area is 147 Å². The van der Waals surface area contributed by atoms with Crippen LogP contribution in [0.5, 0.6) is 0 Å². The van der Waals surface area contributed by atoms with Crippen molar-refractivity contribution in [1.82, 2.24) is 9.97 Å². The fraction of sp³-hybridized carbons (Fsp3) is 0. The third-order valence-electron chi connectivity index (χ3n) is 3.03. The van der Waals surface area contributed by atoms with Crippen LogP contribution >= 0.6 is 46.8 Å². The summed E-state index contributed by atoms with van der Waals surface area (Å²) in [6.07, 6.45) is 0. The van der Waals surface area contributed by atoms with Crippen molar-refractivity contribution in [3.8, 4) is 22.5 Å². The van der Waals surface area contributed by atoms with Gasteiger partial charge in [0.2, 0.25) is 5.28 Å². The maximum absolute atomic E-state index is 6.12. The lowest BCUT2D eigenvalue weighted by atomic mass is 10.1. The molecule has 5 heteroatoms. The van der Waals surface area contributed by atoms with Gasteiger partial charge in [0.1, 0.15) is 0 Å². The molecule has 104 valence electrons. The quantitative estimate of drug-likeness (QED) is 0.340. The number of nitrogens with zero attached hydrogens (tertiary/aromatic N) is 2. The van der Waals surface area contributed by atoms with Crippen LogP contribution < -0.4 is 0 Å². The van der Waals surface area contributed by atoms with Crippen LogP contribution in [0.2, 0.25) is 5.28 Å². The Balaban J connectivity index is 2.25. The zero-order valence-corrected chi connectivity index (χ0v) is 14.6. The van der Waals surface area contributed by atoms with Crippen LogP contribution in [0.3, 0.4) is 0 Å². The van der Waals surface area contributed by atoms with Gasteiger partial charge in [-0.1, -0.05) is 48.5 Å². The molecule has 3 aromatic rings. The Morgan fingerprint density at radius 1 is 0.857 bits per heavy atom. The second-order valence-corrected chi connectivity index (χ2v) is 6.29. The van der Waals surface area contributed by atoms with Crippen LogP contribution in [0, 0.1) is 3.57 Å². The molecule has 0 aliphatic carbocycles. The van der Waals surface area contributed by atoms with Gasteiger partial charge in [-0.05, 0) is 40.3 Å². The van der Waals surface area contributed by atoms with E-state index >= 15 is 0 Å². The molecular formula is C16H10ClIN2S. The van der Waals surface area contributed by atoms with Gasteiger partial charge in [-0.3, -0.25) is 0 Å². The van der Waals surface area contributed by atoms with Crippen molar-refractivity contribution in [3.63, 3.8) is 0 Å². The van der Waals surface area contributed by atoms with Gasteiger partial charge in [-0.25, -0.2) is 9.97 Å². The van der Waals surface area contributed by atoms with Crippen LogP contribution in [0.1, 0.15) is 0 Å². The fourth-order valence-corrected chi connectivity index (χ4v) is 3.34. The van der Waals surface area contributed by atoms with Gasteiger partial charge in [0.05, 0.1) is 15.0 Å². The molecule has 0 unspecified atom stereocenters. The molecule has 0 N–H and O–H groups in total. The molecule has 0 aliphatic heterocycles. The van der Waals surface area contributed by atoms with Crippen LogP contribution in [0.15, 0.2) is 59.5 Å². The summed E-state index contributed by atoms with van der Waals surface area (Å²) in [6.45, 7) is 0. The standard InChI is InChI=1S/C16H10ClIN2S/c17-16-19-14(10-6-2-1-3-7-10)13(18)15(20-16)11-8-4-5-9-12(11)21/h1-9,21H. The van der Waals surface area contributed by atoms with Gasteiger partial charge in [0.25, 0.3) is 0 Å². The van der Waals surface area contributed by atoms with Crippen molar-refractivity contribution in [2.75, 3.05) is 0 Å². The van der Waals surface area contributed by atoms with Gasteiger partial charge in [-0.2, -0.15) is 0 Å². The van der Waals surface area contributed by atoms with Crippen molar-refractivity contribution in [2.24, 2.45) is 0 Å². The number of hydrogen-bond donors (Lipinski definition) is 1. The molecule has 0 atom stereocenters. The molecule has 0 saturated heterocycles. The number of aromatic nitrogens is 2. The third kappa shape index (κ3) is 3.07. The van der Waals surface area contributed by atoms with Crippen LogP contribution in [-0.4, -0.2) is 9.97 Å². The molecule has 21 heavy (non-hydrogen) atoms. The van der Waals surface area contributed by atoms with E-state index in [1.54, 1.807) is 0 Å². The van der Waals surface area contributed by atoms with Crippen LogP contribution in [0.25, 0.3) is 22.5 Å². The molecule has 1 aromatic heterocycles. The summed E-state index contributed by atoms with van der Waals surface area (Å²) in [5.41, 5.74) is 3.61. The maximum atomic E-state index is 6.12. The normalized spacial score (nSPS) is 10.6. The van der Waals surface area contributed by atoms with Gasteiger partial charge >= 0.3 is 0 Å². The lowest BCUT2D eigenvalue weighted by molar-refractivity contribution is 1.15. The number of benzene rings is 2. The molecule has 2 nitrogen and oxygen atoms in total. The van der Waals surface area contributed by atoms with Crippen molar-refractivity contribution in [1.29, 1.82) is 0 Å². The van der Waals surface area contributed by atoms with E-state index < -0.39 is 0 Å². The zero-order valence-electron chi connectivity index (χ0n) is 10.8. The highest BCUT2D eigenvalue weighted by Crippen LogP contribution is 2.34. The molecule has 1 heterocycles. The fourth-order valence-electron chi connectivity index (χ4n) is 2.06. The molecule has 0 bridgehead atoms. The Kier molecular flexibility index (Phi) is 4.47. The lowest BCUT2D eigenvalue weighted by Crippen LogP contribution is -1.97. The summed E-state index contributed by atoms with van der Waals surface area (Å²) in [5, 5.41) is 0.237. The SMILES string of the molecule is Sc1ccccc1-c1nc(Cl)nc(-c2ccccc2)c1I. The van der Waals surface area contributed by atoms with Gasteiger partial charge in [0, 0.05) is 16.0 Å². The first-order valence-electron chi connectivity index (χ1n) is 6.23. The Hall–Kier alpha value is -1.11. The number of thiol groups is 1. The molecule has 0 amide bonds. The van der Waals surface area contributed by atoms with Crippen molar-refractivity contribution < 1.29 is 0 Å².